The van der Waals surface area contributed by atoms with E-state index in [1.54, 1.807) is 0 Å². The second-order valence-corrected chi connectivity index (χ2v) is 8.04. The largest absolute Gasteiger partial charge is 0.415 e. The van der Waals surface area contributed by atoms with E-state index in [1.807, 2.05) is 95.6 Å². The first-order valence-corrected chi connectivity index (χ1v) is 10.5. The van der Waals surface area contributed by atoms with E-state index < -0.39 is 17.3 Å². The van der Waals surface area contributed by atoms with Crippen LogP contribution in [0.1, 0.15) is 16.8 Å². The van der Waals surface area contributed by atoms with Crippen molar-refractivity contribution in [2.45, 2.75) is 24.7 Å². The molecule has 0 N–H and O–H groups in total. The molecule has 2 nitrogen and oxygen atoms in total. The van der Waals surface area contributed by atoms with Crippen LogP contribution < -0.4 is 0 Å². The van der Waals surface area contributed by atoms with Crippen molar-refractivity contribution in [2.24, 2.45) is 4.99 Å². The van der Waals surface area contributed by atoms with Crippen LogP contribution >= 0.6 is 0 Å². The predicted molar refractivity (Wildman–Crippen MR) is 122 cm³/mol. The molecular weight excluding hydrogens is 409 g/mol. The lowest BCUT2D eigenvalue weighted by Crippen LogP contribution is -2.36. The number of hydrogen-bond donors (Lipinski definition) is 0. The van der Waals surface area contributed by atoms with Gasteiger partial charge in [0.2, 0.25) is 0 Å². The van der Waals surface area contributed by atoms with Crippen LogP contribution in [0.4, 0.5) is 13.2 Å². The van der Waals surface area contributed by atoms with Gasteiger partial charge in [0.25, 0.3) is 0 Å². The molecule has 0 radical (unpaired) electrons. The average molecular weight is 430 g/mol. The normalized spacial score (nSPS) is 18.3. The molecule has 160 valence electrons. The van der Waals surface area contributed by atoms with Gasteiger partial charge in [-0.1, -0.05) is 78.9 Å². The quantitative estimate of drug-likeness (QED) is 0.335. The summed E-state index contributed by atoms with van der Waals surface area (Å²) in [4.78, 5) is 4.52. The third kappa shape index (κ3) is 3.54. The number of benzene rings is 3. The van der Waals surface area contributed by atoms with Crippen molar-refractivity contribution in [3.8, 4) is 0 Å². The van der Waals surface area contributed by atoms with Gasteiger partial charge in [0.1, 0.15) is 5.54 Å². The number of nitrogens with zero attached hydrogens (tertiary/aromatic N) is 2. The standard InChI is InChI=1S/C27H21F3N2/c28-27(29,30)24-15-16-31-26(24,18-20-9-3-1-4-10-20)25-17-22-13-7-8-14-23(22)32(25)19-21-11-5-2-6-12-21/h1-17H,18-19H2. The van der Waals surface area contributed by atoms with E-state index in [-0.39, 0.29) is 6.42 Å². The number of aliphatic imine (C=N–C) groups is 1. The molecular formula is C27H21F3N2. The van der Waals surface area contributed by atoms with E-state index in [4.69, 9.17) is 0 Å². The second kappa shape index (κ2) is 7.83. The van der Waals surface area contributed by atoms with Crippen LogP contribution in [0.15, 0.2) is 108 Å². The molecule has 3 aromatic carbocycles. The lowest BCUT2D eigenvalue weighted by Gasteiger charge is -2.33. The molecule has 1 aliphatic heterocycles. The summed E-state index contributed by atoms with van der Waals surface area (Å²) in [5.74, 6) is 0. The molecule has 0 spiro atoms. The molecule has 0 bridgehead atoms. The van der Waals surface area contributed by atoms with Crippen molar-refractivity contribution in [3.05, 3.63) is 119 Å². The van der Waals surface area contributed by atoms with Crippen molar-refractivity contribution in [2.75, 3.05) is 0 Å². The maximum Gasteiger partial charge on any atom is 0.415 e. The van der Waals surface area contributed by atoms with Crippen LogP contribution in [-0.2, 0) is 18.5 Å². The lowest BCUT2D eigenvalue weighted by atomic mass is 9.81. The monoisotopic (exact) mass is 430 g/mol. The number of halogens is 3. The summed E-state index contributed by atoms with van der Waals surface area (Å²) in [6.07, 6.45) is -1.95. The summed E-state index contributed by atoms with van der Waals surface area (Å²) in [7, 11) is 0. The Labute approximate surface area is 184 Å². The summed E-state index contributed by atoms with van der Waals surface area (Å²) >= 11 is 0. The third-order valence-electron chi connectivity index (χ3n) is 6.01. The first-order chi connectivity index (χ1) is 15.5. The number of hydrogen-bond acceptors (Lipinski definition) is 1. The first-order valence-electron chi connectivity index (χ1n) is 10.5. The van der Waals surface area contributed by atoms with Crippen LogP contribution in [0.25, 0.3) is 10.9 Å². The van der Waals surface area contributed by atoms with Gasteiger partial charge < -0.3 is 4.57 Å². The summed E-state index contributed by atoms with van der Waals surface area (Å²) in [5.41, 5.74) is 1.08. The van der Waals surface area contributed by atoms with E-state index in [1.165, 1.54) is 6.21 Å². The van der Waals surface area contributed by atoms with Gasteiger partial charge in [0.05, 0.1) is 11.3 Å². The van der Waals surface area contributed by atoms with E-state index >= 15 is 0 Å². The minimum Gasteiger partial charge on any atom is -0.338 e. The van der Waals surface area contributed by atoms with Crippen LogP contribution in [0.5, 0.6) is 0 Å². The Bertz CT molecular complexity index is 1300. The fourth-order valence-electron chi connectivity index (χ4n) is 4.59. The van der Waals surface area contributed by atoms with E-state index in [2.05, 4.69) is 4.99 Å². The Morgan fingerprint density at radius 3 is 2.09 bits per heavy atom. The van der Waals surface area contributed by atoms with Gasteiger partial charge in [-0.2, -0.15) is 13.2 Å². The molecule has 5 rings (SSSR count). The van der Waals surface area contributed by atoms with Crippen molar-refractivity contribution < 1.29 is 13.2 Å². The van der Waals surface area contributed by atoms with Gasteiger partial charge in [-0.05, 0) is 34.7 Å². The highest BCUT2D eigenvalue weighted by atomic mass is 19.4. The SMILES string of the molecule is FC(F)(F)C1=CC=NC1(Cc1ccccc1)c1cc2ccccc2n1Cc1ccccc1. The molecule has 1 aromatic heterocycles. The minimum absolute atomic E-state index is 0.126. The molecule has 2 heterocycles. The zero-order valence-electron chi connectivity index (χ0n) is 17.3. The highest BCUT2D eigenvalue weighted by Crippen LogP contribution is 2.48. The molecule has 1 aliphatic rings. The molecule has 32 heavy (non-hydrogen) atoms. The van der Waals surface area contributed by atoms with E-state index in [0.29, 0.717) is 12.2 Å². The van der Waals surface area contributed by atoms with Crippen LogP contribution in [-0.4, -0.2) is 17.0 Å². The Kier molecular flexibility index (Phi) is 4.97. The highest BCUT2D eigenvalue weighted by molar-refractivity contribution is 5.84. The maximum atomic E-state index is 14.3. The fourth-order valence-corrected chi connectivity index (χ4v) is 4.59. The Balaban J connectivity index is 1.75. The molecule has 5 heteroatoms. The number of aromatic nitrogens is 1. The van der Waals surface area contributed by atoms with Crippen molar-refractivity contribution in [1.82, 2.24) is 4.57 Å². The van der Waals surface area contributed by atoms with E-state index in [0.717, 1.165) is 28.1 Å². The van der Waals surface area contributed by atoms with E-state index in [9.17, 15) is 13.2 Å². The summed E-state index contributed by atoms with van der Waals surface area (Å²) < 4.78 is 44.9. The fraction of sp³-hybridized carbons (Fsp3) is 0.148. The zero-order valence-corrected chi connectivity index (χ0v) is 17.3. The first kappa shape index (κ1) is 20.3. The van der Waals surface area contributed by atoms with Gasteiger partial charge in [0.15, 0.2) is 0 Å². The zero-order chi connectivity index (χ0) is 22.2. The third-order valence-corrected chi connectivity index (χ3v) is 6.01. The maximum absolute atomic E-state index is 14.3. The Hall–Kier alpha value is -3.60. The summed E-state index contributed by atoms with van der Waals surface area (Å²) in [6, 6.07) is 28.6. The van der Waals surface area contributed by atoms with Crippen molar-refractivity contribution in [1.29, 1.82) is 0 Å². The molecule has 0 saturated carbocycles. The number of para-hydroxylation sites is 1. The van der Waals surface area contributed by atoms with Crippen molar-refractivity contribution in [3.63, 3.8) is 0 Å². The average Bonchev–Trinajstić information content (AvgIpc) is 3.38. The van der Waals surface area contributed by atoms with Gasteiger partial charge in [-0.3, -0.25) is 4.99 Å². The summed E-state index contributed by atoms with van der Waals surface area (Å²) in [6.45, 7) is 0.459. The molecule has 0 aliphatic carbocycles. The van der Waals surface area contributed by atoms with Gasteiger partial charge >= 0.3 is 6.18 Å². The number of allylic oxidation sites excluding steroid dienone is 1. The number of alkyl halides is 3. The Morgan fingerprint density at radius 2 is 1.41 bits per heavy atom. The van der Waals surface area contributed by atoms with Crippen molar-refractivity contribution >= 4 is 17.1 Å². The molecule has 1 atom stereocenters. The molecule has 0 amide bonds. The van der Waals surface area contributed by atoms with Gasteiger partial charge in [-0.25, -0.2) is 0 Å². The van der Waals surface area contributed by atoms with Crippen LogP contribution in [0.2, 0.25) is 0 Å². The lowest BCUT2D eigenvalue weighted by molar-refractivity contribution is -0.101. The van der Waals surface area contributed by atoms with Gasteiger partial charge in [0, 0.05) is 24.7 Å². The predicted octanol–water partition coefficient (Wildman–Crippen LogP) is 6.70. The van der Waals surface area contributed by atoms with Gasteiger partial charge in [-0.15, -0.1) is 0 Å². The number of rotatable bonds is 5. The minimum atomic E-state index is -4.50. The summed E-state index contributed by atoms with van der Waals surface area (Å²) in [5, 5.41) is 0.898. The van der Waals surface area contributed by atoms with Crippen LogP contribution in [0.3, 0.4) is 0 Å². The van der Waals surface area contributed by atoms with Crippen LogP contribution in [0, 0.1) is 0 Å². The molecule has 1 unspecified atom stereocenters. The molecule has 0 saturated heterocycles. The molecule has 0 fully saturated rings. The smallest absolute Gasteiger partial charge is 0.338 e. The Morgan fingerprint density at radius 1 is 0.781 bits per heavy atom. The number of fused-ring (bicyclic) bond motifs is 1. The highest BCUT2D eigenvalue weighted by Gasteiger charge is 2.52. The second-order valence-electron chi connectivity index (χ2n) is 8.04. The molecule has 4 aromatic rings. The topological polar surface area (TPSA) is 17.3 Å².